The summed E-state index contributed by atoms with van der Waals surface area (Å²) in [5.74, 6) is -1.01. The van der Waals surface area contributed by atoms with Crippen LogP contribution < -0.4 is 5.56 Å². The summed E-state index contributed by atoms with van der Waals surface area (Å²) in [7, 11) is 1.58. The number of allylic oxidation sites excluding steroid dienone is 1. The first kappa shape index (κ1) is 19.7. The fourth-order valence-corrected chi connectivity index (χ4v) is 3.26. The van der Waals surface area contributed by atoms with Crippen molar-refractivity contribution in [3.8, 4) is 11.4 Å². The lowest BCUT2D eigenvalue weighted by Crippen LogP contribution is -2.28. The summed E-state index contributed by atoms with van der Waals surface area (Å²) in [6, 6.07) is 9.21. The van der Waals surface area contributed by atoms with Crippen molar-refractivity contribution >= 4 is 17.3 Å². The van der Waals surface area contributed by atoms with Crippen molar-refractivity contribution in [2.24, 2.45) is 0 Å². The number of aromatic nitrogens is 2. The minimum atomic E-state index is -0.577. The molecule has 0 aliphatic heterocycles. The standard InChI is InChI=1S/C21H22N2O5/c1-28-12-6-11-23-20(14-7-3-2-4-8-14)22-13-15(21(23)27)19(26)18-16(24)9-5-10-17(18)25/h2-4,7-8,13,26H,5-6,9-12H2,1H3. The van der Waals surface area contributed by atoms with Crippen LogP contribution in [0.5, 0.6) is 0 Å². The summed E-state index contributed by atoms with van der Waals surface area (Å²) in [5, 5.41) is 10.6. The number of ether oxygens (including phenoxy) is 1. The zero-order valence-electron chi connectivity index (χ0n) is 15.7. The molecule has 146 valence electrons. The number of nitrogens with zero attached hydrogens (tertiary/aromatic N) is 2. The van der Waals surface area contributed by atoms with Crippen molar-refractivity contribution in [3.05, 3.63) is 58.0 Å². The Morgan fingerprint density at radius 1 is 1.14 bits per heavy atom. The van der Waals surface area contributed by atoms with E-state index in [0.29, 0.717) is 31.8 Å². The molecular weight excluding hydrogens is 360 g/mol. The third-order valence-electron chi connectivity index (χ3n) is 4.67. The quantitative estimate of drug-likeness (QED) is 0.357. The molecule has 0 spiro atoms. The molecule has 0 radical (unpaired) electrons. The molecule has 0 saturated heterocycles. The van der Waals surface area contributed by atoms with Gasteiger partial charge in [-0.15, -0.1) is 0 Å². The van der Waals surface area contributed by atoms with Crippen LogP contribution in [-0.2, 0) is 20.9 Å². The average molecular weight is 382 g/mol. The van der Waals surface area contributed by atoms with Gasteiger partial charge in [0.2, 0.25) is 0 Å². The number of methoxy groups -OCH3 is 1. The summed E-state index contributed by atoms with van der Waals surface area (Å²) < 4.78 is 6.51. The highest BCUT2D eigenvalue weighted by molar-refractivity contribution is 6.25. The predicted molar refractivity (Wildman–Crippen MR) is 104 cm³/mol. The van der Waals surface area contributed by atoms with Gasteiger partial charge in [0.05, 0.1) is 0 Å². The van der Waals surface area contributed by atoms with E-state index in [9.17, 15) is 19.5 Å². The van der Waals surface area contributed by atoms with E-state index in [4.69, 9.17) is 4.74 Å². The fraction of sp³-hybridized carbons (Fsp3) is 0.333. The molecular formula is C21H22N2O5. The van der Waals surface area contributed by atoms with Crippen LogP contribution in [0.3, 0.4) is 0 Å². The Morgan fingerprint density at radius 2 is 1.82 bits per heavy atom. The summed E-state index contributed by atoms with van der Waals surface area (Å²) in [4.78, 5) is 41.7. The molecule has 3 rings (SSSR count). The minimum absolute atomic E-state index is 0.143. The molecule has 0 atom stereocenters. The first-order valence-electron chi connectivity index (χ1n) is 9.18. The highest BCUT2D eigenvalue weighted by atomic mass is 16.5. The molecule has 1 aliphatic rings. The van der Waals surface area contributed by atoms with Gasteiger partial charge in [-0.05, 0) is 12.8 Å². The predicted octanol–water partition coefficient (Wildman–Crippen LogP) is 2.54. The maximum Gasteiger partial charge on any atom is 0.264 e. The van der Waals surface area contributed by atoms with Crippen molar-refractivity contribution in [2.45, 2.75) is 32.2 Å². The lowest BCUT2D eigenvalue weighted by atomic mass is 9.90. The molecule has 1 aromatic carbocycles. The maximum atomic E-state index is 13.1. The second-order valence-corrected chi connectivity index (χ2v) is 6.59. The van der Waals surface area contributed by atoms with Crippen molar-refractivity contribution in [3.63, 3.8) is 0 Å². The molecule has 1 N–H and O–H groups in total. The van der Waals surface area contributed by atoms with E-state index >= 15 is 0 Å². The van der Waals surface area contributed by atoms with E-state index in [2.05, 4.69) is 4.98 Å². The highest BCUT2D eigenvalue weighted by Gasteiger charge is 2.29. The van der Waals surface area contributed by atoms with Gasteiger partial charge < -0.3 is 9.84 Å². The normalized spacial score (nSPS) is 14.4. The molecule has 1 saturated carbocycles. The molecule has 7 heteroatoms. The summed E-state index contributed by atoms with van der Waals surface area (Å²) in [6.07, 6.45) is 2.62. The molecule has 1 aliphatic carbocycles. The SMILES string of the molecule is COCCCn1c(-c2ccccc2)ncc(C(O)=C2C(=O)CCCC2=O)c1=O. The Balaban J connectivity index is 2.13. The number of hydrogen-bond donors (Lipinski definition) is 1. The smallest absolute Gasteiger partial charge is 0.264 e. The maximum absolute atomic E-state index is 13.1. The number of aliphatic hydroxyl groups is 1. The number of carbonyl (C=O) groups is 2. The van der Waals surface area contributed by atoms with Crippen LogP contribution in [-0.4, -0.2) is 39.9 Å². The van der Waals surface area contributed by atoms with Crippen LogP contribution in [0.2, 0.25) is 0 Å². The number of ketones is 2. The molecule has 1 heterocycles. The Kier molecular flexibility index (Phi) is 6.16. The lowest BCUT2D eigenvalue weighted by Gasteiger charge is -2.16. The summed E-state index contributed by atoms with van der Waals surface area (Å²) in [5.41, 5.74) is -0.182. The van der Waals surface area contributed by atoms with Gasteiger partial charge in [0.1, 0.15) is 22.7 Å². The summed E-state index contributed by atoms with van der Waals surface area (Å²) >= 11 is 0. The van der Waals surface area contributed by atoms with Crippen molar-refractivity contribution in [1.29, 1.82) is 0 Å². The Morgan fingerprint density at radius 3 is 2.46 bits per heavy atom. The van der Waals surface area contributed by atoms with Crippen LogP contribution >= 0.6 is 0 Å². The topological polar surface area (TPSA) is 98.5 Å². The number of benzene rings is 1. The van der Waals surface area contributed by atoms with Crippen LogP contribution in [0.1, 0.15) is 31.2 Å². The number of hydrogen-bond acceptors (Lipinski definition) is 6. The Bertz CT molecular complexity index is 958. The van der Waals surface area contributed by atoms with E-state index in [0.717, 1.165) is 5.56 Å². The van der Waals surface area contributed by atoms with Crippen LogP contribution in [0.25, 0.3) is 17.1 Å². The zero-order chi connectivity index (χ0) is 20.1. The fourth-order valence-electron chi connectivity index (χ4n) is 3.26. The second kappa shape index (κ2) is 8.75. The third kappa shape index (κ3) is 3.94. The first-order valence-corrected chi connectivity index (χ1v) is 9.18. The molecule has 1 aromatic heterocycles. The number of rotatable bonds is 6. The van der Waals surface area contributed by atoms with Crippen molar-refractivity contribution in [2.75, 3.05) is 13.7 Å². The van der Waals surface area contributed by atoms with Gasteiger partial charge >= 0.3 is 0 Å². The largest absolute Gasteiger partial charge is 0.506 e. The van der Waals surface area contributed by atoms with Gasteiger partial charge in [0.15, 0.2) is 11.6 Å². The van der Waals surface area contributed by atoms with Gasteiger partial charge in [-0.3, -0.25) is 19.0 Å². The zero-order valence-corrected chi connectivity index (χ0v) is 15.7. The Hall–Kier alpha value is -3.06. The monoisotopic (exact) mass is 382 g/mol. The molecule has 28 heavy (non-hydrogen) atoms. The molecule has 7 nitrogen and oxygen atoms in total. The van der Waals surface area contributed by atoms with Crippen LogP contribution in [0.4, 0.5) is 0 Å². The van der Waals surface area contributed by atoms with Gasteiger partial charge in [0, 0.05) is 44.9 Å². The minimum Gasteiger partial charge on any atom is -0.506 e. The van der Waals surface area contributed by atoms with E-state index in [1.54, 1.807) is 7.11 Å². The molecule has 0 unspecified atom stereocenters. The van der Waals surface area contributed by atoms with Gasteiger partial charge in [-0.2, -0.15) is 0 Å². The van der Waals surface area contributed by atoms with E-state index in [1.807, 2.05) is 30.3 Å². The summed E-state index contributed by atoms with van der Waals surface area (Å²) in [6.45, 7) is 0.775. The van der Waals surface area contributed by atoms with E-state index in [1.165, 1.54) is 10.8 Å². The molecule has 2 aromatic rings. The van der Waals surface area contributed by atoms with Gasteiger partial charge in [-0.25, -0.2) is 4.98 Å². The first-order chi connectivity index (χ1) is 13.5. The molecule has 1 fully saturated rings. The van der Waals surface area contributed by atoms with Gasteiger partial charge in [-0.1, -0.05) is 30.3 Å². The van der Waals surface area contributed by atoms with Crippen LogP contribution in [0.15, 0.2) is 46.9 Å². The molecule has 0 bridgehead atoms. The number of aliphatic hydroxyl groups excluding tert-OH is 1. The highest BCUT2D eigenvalue weighted by Crippen LogP contribution is 2.24. The van der Waals surface area contributed by atoms with Crippen molar-refractivity contribution in [1.82, 2.24) is 9.55 Å². The van der Waals surface area contributed by atoms with E-state index in [-0.39, 0.29) is 24.0 Å². The molecule has 0 amide bonds. The van der Waals surface area contributed by atoms with Crippen molar-refractivity contribution < 1.29 is 19.4 Å². The second-order valence-electron chi connectivity index (χ2n) is 6.59. The third-order valence-corrected chi connectivity index (χ3v) is 4.67. The van der Waals surface area contributed by atoms with Gasteiger partial charge in [0.25, 0.3) is 5.56 Å². The number of carbonyl (C=O) groups excluding carboxylic acids is 2. The number of Topliss-reactive ketones (excluding diaryl/α,β-unsaturated/α-hetero) is 2. The Labute approximate surface area is 162 Å². The lowest BCUT2D eigenvalue weighted by molar-refractivity contribution is -0.123. The van der Waals surface area contributed by atoms with E-state index < -0.39 is 22.9 Å². The average Bonchev–Trinajstić information content (AvgIpc) is 2.69. The van der Waals surface area contributed by atoms with Crippen LogP contribution in [0, 0.1) is 0 Å².